The summed E-state index contributed by atoms with van der Waals surface area (Å²) in [5.74, 6) is -3.64. The van der Waals surface area contributed by atoms with E-state index in [-0.39, 0.29) is 17.8 Å². The first-order valence-electron chi connectivity index (χ1n) is 11.3. The zero-order chi connectivity index (χ0) is 26.7. The fourth-order valence-corrected chi connectivity index (χ4v) is 4.71. The quantitative estimate of drug-likeness (QED) is 0.252. The predicted octanol–water partition coefficient (Wildman–Crippen LogP) is 7.42. The lowest BCUT2D eigenvalue weighted by Crippen LogP contribution is -2.62. The number of benzene rings is 2. The summed E-state index contributed by atoms with van der Waals surface area (Å²) in [4.78, 5) is 15.0. The van der Waals surface area contributed by atoms with Crippen LogP contribution in [-0.2, 0) is 5.54 Å². The van der Waals surface area contributed by atoms with E-state index in [9.17, 15) is 31.1 Å². The molecule has 2 amide bonds. The van der Waals surface area contributed by atoms with Crippen LogP contribution in [0.5, 0.6) is 0 Å². The standard InChI is InChI=1S/C26H25F7N2O/c1-3-5-17(6-4-2)15-34-21-12-11-20(29)23(30)22(21)25(13-14-27,18-7-9-19(28)10-8-18)35(24(34)36)16-26(31,32)33/h3,5,7-12H,1,4,6,13-16H2,2H3/b17-5+. The van der Waals surface area contributed by atoms with Gasteiger partial charge in [0.2, 0.25) is 0 Å². The van der Waals surface area contributed by atoms with Crippen LogP contribution in [0.3, 0.4) is 0 Å². The Morgan fingerprint density at radius 2 is 1.75 bits per heavy atom. The van der Waals surface area contributed by atoms with Crippen molar-refractivity contribution in [2.45, 2.75) is 37.9 Å². The molecule has 1 atom stereocenters. The normalized spacial score (nSPS) is 18.4. The number of carbonyl (C=O) groups excluding carboxylic acids is 1. The maximum absolute atomic E-state index is 15.6. The number of anilines is 1. The summed E-state index contributed by atoms with van der Waals surface area (Å²) in [6, 6.07) is 4.58. The minimum atomic E-state index is -4.96. The number of fused-ring (bicyclic) bond motifs is 1. The number of allylic oxidation sites excluding steroid dienone is 2. The maximum atomic E-state index is 15.6. The number of alkyl halides is 4. The zero-order valence-corrected chi connectivity index (χ0v) is 19.5. The molecule has 0 aromatic heterocycles. The van der Waals surface area contributed by atoms with Crippen molar-refractivity contribution in [2.75, 3.05) is 24.7 Å². The van der Waals surface area contributed by atoms with Gasteiger partial charge in [0.15, 0.2) is 11.6 Å². The molecule has 0 fully saturated rings. The van der Waals surface area contributed by atoms with Crippen LogP contribution in [0, 0.1) is 17.5 Å². The average molecular weight is 514 g/mol. The van der Waals surface area contributed by atoms with Crippen molar-refractivity contribution in [3.63, 3.8) is 0 Å². The number of amides is 2. The molecule has 1 aliphatic heterocycles. The first kappa shape index (κ1) is 27.3. The van der Waals surface area contributed by atoms with Crippen molar-refractivity contribution >= 4 is 11.7 Å². The lowest BCUT2D eigenvalue weighted by atomic mass is 9.75. The van der Waals surface area contributed by atoms with E-state index in [0.717, 1.165) is 41.3 Å². The van der Waals surface area contributed by atoms with Gasteiger partial charge in [-0.1, -0.05) is 49.8 Å². The summed E-state index contributed by atoms with van der Waals surface area (Å²) in [5, 5.41) is 0. The molecular weight excluding hydrogens is 489 g/mol. The molecule has 0 radical (unpaired) electrons. The molecule has 10 heteroatoms. The van der Waals surface area contributed by atoms with Crippen LogP contribution in [0.25, 0.3) is 0 Å². The Hall–Kier alpha value is -3.30. The van der Waals surface area contributed by atoms with E-state index in [1.54, 1.807) is 6.08 Å². The summed E-state index contributed by atoms with van der Waals surface area (Å²) >= 11 is 0. The highest BCUT2D eigenvalue weighted by atomic mass is 19.4. The van der Waals surface area contributed by atoms with E-state index in [0.29, 0.717) is 23.3 Å². The van der Waals surface area contributed by atoms with Crippen LogP contribution in [0.2, 0.25) is 0 Å². The smallest absolute Gasteiger partial charge is 0.301 e. The topological polar surface area (TPSA) is 23.6 Å². The van der Waals surface area contributed by atoms with Gasteiger partial charge >= 0.3 is 12.2 Å². The van der Waals surface area contributed by atoms with Gasteiger partial charge in [-0.2, -0.15) is 13.2 Å². The molecule has 0 saturated carbocycles. The van der Waals surface area contributed by atoms with Crippen LogP contribution >= 0.6 is 0 Å². The van der Waals surface area contributed by atoms with Gasteiger partial charge in [-0.3, -0.25) is 9.29 Å². The maximum Gasteiger partial charge on any atom is 0.406 e. The van der Waals surface area contributed by atoms with E-state index in [1.807, 2.05) is 6.92 Å². The molecule has 0 spiro atoms. The molecule has 1 aliphatic rings. The van der Waals surface area contributed by atoms with Gasteiger partial charge in [0.25, 0.3) is 0 Å². The molecule has 36 heavy (non-hydrogen) atoms. The third-order valence-electron chi connectivity index (χ3n) is 6.10. The molecule has 0 saturated heterocycles. The third-order valence-corrected chi connectivity index (χ3v) is 6.10. The van der Waals surface area contributed by atoms with Crippen molar-refractivity contribution in [1.82, 2.24) is 4.90 Å². The van der Waals surface area contributed by atoms with Gasteiger partial charge in [-0.15, -0.1) is 0 Å². The monoisotopic (exact) mass is 514 g/mol. The van der Waals surface area contributed by atoms with E-state index < -0.39 is 60.4 Å². The number of hydrogen-bond acceptors (Lipinski definition) is 1. The molecular formula is C26H25F7N2O. The first-order chi connectivity index (χ1) is 17.0. The van der Waals surface area contributed by atoms with Crippen molar-refractivity contribution in [2.24, 2.45) is 0 Å². The molecule has 3 rings (SSSR count). The molecule has 1 heterocycles. The second-order valence-electron chi connectivity index (χ2n) is 8.44. The summed E-state index contributed by atoms with van der Waals surface area (Å²) in [5.41, 5.74) is -2.77. The number of rotatable bonds is 9. The minimum absolute atomic E-state index is 0.181. The second-order valence-corrected chi connectivity index (χ2v) is 8.44. The van der Waals surface area contributed by atoms with E-state index in [4.69, 9.17) is 0 Å². The molecule has 194 valence electrons. The molecule has 2 aromatic rings. The Morgan fingerprint density at radius 3 is 2.31 bits per heavy atom. The Kier molecular flexibility index (Phi) is 8.15. The van der Waals surface area contributed by atoms with E-state index >= 15 is 4.39 Å². The van der Waals surface area contributed by atoms with Crippen LogP contribution in [-0.4, -0.2) is 36.9 Å². The Bertz CT molecular complexity index is 1140. The van der Waals surface area contributed by atoms with Crippen molar-refractivity contribution < 1.29 is 35.5 Å². The van der Waals surface area contributed by atoms with Gasteiger partial charge in [0.1, 0.15) is 17.9 Å². The number of hydrogen-bond donors (Lipinski definition) is 0. The molecule has 0 N–H and O–H groups in total. The van der Waals surface area contributed by atoms with Crippen molar-refractivity contribution in [1.29, 1.82) is 0 Å². The van der Waals surface area contributed by atoms with Crippen LogP contribution < -0.4 is 4.90 Å². The summed E-state index contributed by atoms with van der Waals surface area (Å²) in [7, 11) is 0. The van der Waals surface area contributed by atoms with E-state index in [1.165, 1.54) is 6.08 Å². The van der Waals surface area contributed by atoms with Crippen molar-refractivity contribution in [3.05, 3.63) is 89.3 Å². The first-order valence-corrected chi connectivity index (χ1v) is 11.3. The largest absolute Gasteiger partial charge is 0.406 e. The summed E-state index contributed by atoms with van der Waals surface area (Å²) in [6.07, 6.45) is -1.64. The highest BCUT2D eigenvalue weighted by Gasteiger charge is 2.55. The molecule has 0 bridgehead atoms. The number of halogens is 7. The highest BCUT2D eigenvalue weighted by Crippen LogP contribution is 2.50. The Labute approximate surface area is 204 Å². The summed E-state index contributed by atoms with van der Waals surface area (Å²) < 4.78 is 99.3. The van der Waals surface area contributed by atoms with Gasteiger partial charge in [0, 0.05) is 18.5 Å². The number of nitrogens with zero attached hydrogens (tertiary/aromatic N) is 2. The van der Waals surface area contributed by atoms with Crippen molar-refractivity contribution in [3.8, 4) is 0 Å². The lowest BCUT2D eigenvalue weighted by Gasteiger charge is -2.51. The number of urea groups is 1. The SMILES string of the molecule is C=C/C=C(\CCC)CN1C(=O)N(CC(F)(F)F)C(CCF)(c2ccc(F)cc2)c2c1ccc(F)c2F. The number of carbonyl (C=O) groups is 1. The van der Waals surface area contributed by atoms with Crippen LogP contribution in [0.15, 0.2) is 60.7 Å². The predicted molar refractivity (Wildman–Crippen MR) is 123 cm³/mol. The van der Waals surface area contributed by atoms with Gasteiger partial charge < -0.3 is 4.90 Å². The lowest BCUT2D eigenvalue weighted by molar-refractivity contribution is -0.149. The average Bonchev–Trinajstić information content (AvgIpc) is 2.81. The minimum Gasteiger partial charge on any atom is -0.301 e. The van der Waals surface area contributed by atoms with Gasteiger partial charge in [-0.25, -0.2) is 18.0 Å². The fraction of sp³-hybridized carbons (Fsp3) is 0.346. The molecule has 1 unspecified atom stereocenters. The Balaban J connectivity index is 2.40. The highest BCUT2D eigenvalue weighted by molar-refractivity contribution is 5.97. The van der Waals surface area contributed by atoms with Crippen LogP contribution in [0.4, 0.5) is 41.2 Å². The zero-order valence-electron chi connectivity index (χ0n) is 19.5. The summed E-state index contributed by atoms with van der Waals surface area (Å²) in [6.45, 7) is 2.09. The van der Waals surface area contributed by atoms with E-state index in [2.05, 4.69) is 6.58 Å². The Morgan fingerprint density at radius 1 is 1.08 bits per heavy atom. The fourth-order valence-electron chi connectivity index (χ4n) is 4.71. The van der Waals surface area contributed by atoms with Gasteiger partial charge in [0.05, 0.1) is 12.4 Å². The van der Waals surface area contributed by atoms with Gasteiger partial charge in [-0.05, 0) is 36.2 Å². The molecule has 3 nitrogen and oxygen atoms in total. The third kappa shape index (κ3) is 5.12. The molecule has 0 aliphatic carbocycles. The molecule has 2 aromatic carbocycles. The second kappa shape index (κ2) is 10.8. The van der Waals surface area contributed by atoms with Crippen LogP contribution in [0.1, 0.15) is 37.3 Å².